The number of amides is 1. The Morgan fingerprint density at radius 1 is 1.09 bits per heavy atom. The molecule has 0 fully saturated rings. The Morgan fingerprint density at radius 3 is 2.74 bits per heavy atom. The summed E-state index contributed by atoms with van der Waals surface area (Å²) in [5.74, 6) is -0.101. The van der Waals surface area contributed by atoms with E-state index in [0.29, 0.717) is 5.57 Å². The van der Waals surface area contributed by atoms with Crippen molar-refractivity contribution in [3.8, 4) is 0 Å². The maximum Gasteiger partial charge on any atom is 0.257 e. The molecule has 2 aromatic carbocycles. The van der Waals surface area contributed by atoms with Crippen LogP contribution in [-0.2, 0) is 4.79 Å². The predicted molar refractivity (Wildman–Crippen MR) is 93.2 cm³/mol. The maximum atomic E-state index is 12.3. The standard InChI is InChI=1S/C19H15N3O/c1-12-4-6-13(7-5-12)21-11-15-18-14-3-2-10-20-16(14)8-9-17(18)22-19(15)23/h2-11,21H,1H3,(H,22,23). The van der Waals surface area contributed by atoms with Crippen molar-refractivity contribution in [3.05, 3.63) is 72.1 Å². The van der Waals surface area contributed by atoms with Crippen LogP contribution in [0, 0.1) is 6.92 Å². The predicted octanol–water partition coefficient (Wildman–Crippen LogP) is 3.95. The van der Waals surface area contributed by atoms with E-state index in [1.54, 1.807) is 12.4 Å². The van der Waals surface area contributed by atoms with Crippen LogP contribution in [-0.4, -0.2) is 10.9 Å². The van der Waals surface area contributed by atoms with E-state index in [-0.39, 0.29) is 5.91 Å². The molecule has 0 radical (unpaired) electrons. The summed E-state index contributed by atoms with van der Waals surface area (Å²) in [6.45, 7) is 2.04. The van der Waals surface area contributed by atoms with Gasteiger partial charge in [0.25, 0.3) is 5.91 Å². The van der Waals surface area contributed by atoms with Gasteiger partial charge in [-0.25, -0.2) is 0 Å². The highest BCUT2D eigenvalue weighted by molar-refractivity contribution is 6.34. The fraction of sp³-hybridized carbons (Fsp3) is 0.0526. The number of anilines is 2. The van der Waals surface area contributed by atoms with Gasteiger partial charge in [-0.2, -0.15) is 0 Å². The molecule has 4 heteroatoms. The minimum absolute atomic E-state index is 0.101. The molecule has 0 unspecified atom stereocenters. The van der Waals surface area contributed by atoms with Gasteiger partial charge in [-0.3, -0.25) is 9.78 Å². The summed E-state index contributed by atoms with van der Waals surface area (Å²) in [5, 5.41) is 7.09. The normalized spacial score (nSPS) is 14.8. The third kappa shape index (κ3) is 2.34. The van der Waals surface area contributed by atoms with Gasteiger partial charge >= 0.3 is 0 Å². The van der Waals surface area contributed by atoms with E-state index in [1.807, 2.05) is 55.5 Å². The molecule has 3 aromatic rings. The van der Waals surface area contributed by atoms with Crippen LogP contribution in [0.5, 0.6) is 0 Å². The Balaban J connectivity index is 1.79. The number of aromatic nitrogens is 1. The molecule has 0 aliphatic carbocycles. The molecule has 0 spiro atoms. The Bertz CT molecular complexity index is 942. The highest BCUT2D eigenvalue weighted by Gasteiger charge is 2.26. The summed E-state index contributed by atoms with van der Waals surface area (Å²) >= 11 is 0. The van der Waals surface area contributed by atoms with Crippen molar-refractivity contribution >= 4 is 33.8 Å². The average Bonchev–Trinajstić information content (AvgIpc) is 2.90. The fourth-order valence-electron chi connectivity index (χ4n) is 2.79. The number of pyridine rings is 1. The zero-order chi connectivity index (χ0) is 15.8. The van der Waals surface area contributed by atoms with E-state index in [2.05, 4.69) is 15.6 Å². The molecule has 1 aliphatic rings. The van der Waals surface area contributed by atoms with Gasteiger partial charge in [0.1, 0.15) is 0 Å². The molecule has 1 aromatic heterocycles. The topological polar surface area (TPSA) is 54.0 Å². The van der Waals surface area contributed by atoms with Crippen LogP contribution in [0.3, 0.4) is 0 Å². The molecule has 2 N–H and O–H groups in total. The molecule has 0 saturated heterocycles. The largest absolute Gasteiger partial charge is 0.361 e. The number of nitrogens with zero attached hydrogens (tertiary/aromatic N) is 1. The van der Waals surface area contributed by atoms with Gasteiger partial charge in [-0.1, -0.05) is 23.8 Å². The number of hydrogen-bond donors (Lipinski definition) is 2. The minimum atomic E-state index is -0.101. The molecule has 0 atom stereocenters. The number of hydrogen-bond acceptors (Lipinski definition) is 3. The van der Waals surface area contributed by atoms with Crippen molar-refractivity contribution in [2.75, 3.05) is 10.6 Å². The Labute approximate surface area is 133 Å². The summed E-state index contributed by atoms with van der Waals surface area (Å²) in [7, 11) is 0. The number of aryl methyl sites for hydroxylation is 1. The summed E-state index contributed by atoms with van der Waals surface area (Å²) in [4.78, 5) is 16.7. The number of benzene rings is 2. The average molecular weight is 301 g/mol. The Kier molecular flexibility index (Phi) is 3.08. The Hall–Kier alpha value is -3.14. The van der Waals surface area contributed by atoms with E-state index in [9.17, 15) is 4.79 Å². The summed E-state index contributed by atoms with van der Waals surface area (Å²) in [6, 6.07) is 15.7. The van der Waals surface area contributed by atoms with Gasteiger partial charge in [0, 0.05) is 34.7 Å². The van der Waals surface area contributed by atoms with Crippen LogP contribution in [0.15, 0.2) is 60.9 Å². The molecule has 23 heavy (non-hydrogen) atoms. The third-order valence-corrected chi connectivity index (χ3v) is 3.98. The minimum Gasteiger partial charge on any atom is -0.361 e. The first-order valence-corrected chi connectivity index (χ1v) is 7.45. The van der Waals surface area contributed by atoms with Gasteiger partial charge in [0.15, 0.2) is 0 Å². The number of carbonyl (C=O) groups is 1. The summed E-state index contributed by atoms with van der Waals surface area (Å²) in [6.07, 6.45) is 3.52. The van der Waals surface area contributed by atoms with E-state index in [4.69, 9.17) is 0 Å². The van der Waals surface area contributed by atoms with E-state index in [0.717, 1.165) is 27.8 Å². The van der Waals surface area contributed by atoms with Crippen molar-refractivity contribution in [2.45, 2.75) is 6.92 Å². The van der Waals surface area contributed by atoms with Crippen molar-refractivity contribution in [1.29, 1.82) is 0 Å². The van der Waals surface area contributed by atoms with E-state index < -0.39 is 0 Å². The molecule has 4 rings (SSSR count). The quantitative estimate of drug-likeness (QED) is 0.705. The summed E-state index contributed by atoms with van der Waals surface area (Å²) < 4.78 is 0. The summed E-state index contributed by atoms with van der Waals surface area (Å²) in [5.41, 5.74) is 5.38. The van der Waals surface area contributed by atoms with Crippen LogP contribution < -0.4 is 10.6 Å². The van der Waals surface area contributed by atoms with Gasteiger partial charge in [-0.15, -0.1) is 0 Å². The van der Waals surface area contributed by atoms with Crippen molar-refractivity contribution in [2.24, 2.45) is 0 Å². The second-order valence-electron chi connectivity index (χ2n) is 5.58. The van der Waals surface area contributed by atoms with Crippen LogP contribution in [0.1, 0.15) is 11.1 Å². The third-order valence-electron chi connectivity index (χ3n) is 3.98. The monoisotopic (exact) mass is 301 g/mol. The second-order valence-corrected chi connectivity index (χ2v) is 5.58. The zero-order valence-corrected chi connectivity index (χ0v) is 12.6. The number of rotatable bonds is 2. The molecule has 0 saturated carbocycles. The number of fused-ring (bicyclic) bond motifs is 3. The van der Waals surface area contributed by atoms with Gasteiger partial charge in [-0.05, 0) is 37.3 Å². The zero-order valence-electron chi connectivity index (χ0n) is 12.6. The highest BCUT2D eigenvalue weighted by atomic mass is 16.2. The fourth-order valence-corrected chi connectivity index (χ4v) is 2.79. The maximum absolute atomic E-state index is 12.3. The molecular weight excluding hydrogens is 286 g/mol. The first kappa shape index (κ1) is 13.5. The SMILES string of the molecule is Cc1ccc(NC=C2C(=O)Nc3ccc4ncccc4c32)cc1. The highest BCUT2D eigenvalue weighted by Crippen LogP contribution is 2.36. The lowest BCUT2D eigenvalue weighted by atomic mass is 10.0. The molecule has 2 heterocycles. The van der Waals surface area contributed by atoms with Crippen LogP contribution >= 0.6 is 0 Å². The van der Waals surface area contributed by atoms with Crippen molar-refractivity contribution < 1.29 is 4.79 Å². The lowest BCUT2D eigenvalue weighted by Gasteiger charge is -2.05. The molecule has 4 nitrogen and oxygen atoms in total. The molecular formula is C19H15N3O. The van der Waals surface area contributed by atoms with E-state index >= 15 is 0 Å². The smallest absolute Gasteiger partial charge is 0.257 e. The Morgan fingerprint density at radius 2 is 1.91 bits per heavy atom. The number of nitrogens with one attached hydrogen (secondary N) is 2. The van der Waals surface area contributed by atoms with Gasteiger partial charge in [0.2, 0.25) is 0 Å². The van der Waals surface area contributed by atoms with E-state index in [1.165, 1.54) is 5.56 Å². The van der Waals surface area contributed by atoms with Crippen LogP contribution in [0.25, 0.3) is 16.5 Å². The van der Waals surface area contributed by atoms with Gasteiger partial charge < -0.3 is 10.6 Å². The molecule has 112 valence electrons. The van der Waals surface area contributed by atoms with Gasteiger partial charge in [0.05, 0.1) is 11.1 Å². The van der Waals surface area contributed by atoms with Crippen LogP contribution in [0.2, 0.25) is 0 Å². The van der Waals surface area contributed by atoms with Crippen molar-refractivity contribution in [1.82, 2.24) is 4.98 Å². The number of carbonyl (C=O) groups excluding carboxylic acids is 1. The molecule has 0 bridgehead atoms. The first-order valence-electron chi connectivity index (χ1n) is 7.45. The van der Waals surface area contributed by atoms with Crippen LogP contribution in [0.4, 0.5) is 11.4 Å². The second kappa shape index (κ2) is 5.25. The first-order chi connectivity index (χ1) is 11.2. The lowest BCUT2D eigenvalue weighted by Crippen LogP contribution is -2.05. The lowest BCUT2D eigenvalue weighted by molar-refractivity contribution is -0.110. The molecule has 1 amide bonds. The molecule has 1 aliphatic heterocycles. The van der Waals surface area contributed by atoms with Crippen molar-refractivity contribution in [3.63, 3.8) is 0 Å².